The van der Waals surface area contributed by atoms with Gasteiger partial charge < -0.3 is 30.7 Å². The second kappa shape index (κ2) is 13.2. The Labute approximate surface area is 219 Å². The van der Waals surface area contributed by atoms with E-state index in [2.05, 4.69) is 22.4 Å². The van der Waals surface area contributed by atoms with Crippen molar-refractivity contribution in [3.8, 4) is 5.75 Å². The summed E-state index contributed by atoms with van der Waals surface area (Å²) in [5, 5.41) is 28.4. The van der Waals surface area contributed by atoms with Gasteiger partial charge in [0.25, 0.3) is 5.91 Å². The first-order valence-corrected chi connectivity index (χ1v) is 13.0. The molecule has 0 aliphatic carbocycles. The van der Waals surface area contributed by atoms with Gasteiger partial charge in [-0.2, -0.15) is 0 Å². The Hall–Kier alpha value is -3.45. The van der Waals surface area contributed by atoms with Gasteiger partial charge in [-0.1, -0.05) is 43.5 Å². The van der Waals surface area contributed by atoms with Crippen LogP contribution in [0.3, 0.4) is 0 Å². The number of hydrogen-bond acceptors (Lipinski definition) is 10. The van der Waals surface area contributed by atoms with Crippen LogP contribution in [0.1, 0.15) is 67.6 Å². The maximum atomic E-state index is 13.3. The summed E-state index contributed by atoms with van der Waals surface area (Å²) in [6.07, 6.45) is 3.16. The first-order chi connectivity index (χ1) is 17.7. The number of fused-ring (bicyclic) bond motifs is 1. The Kier molecular flexibility index (Phi) is 10.0. The van der Waals surface area contributed by atoms with E-state index in [0.717, 1.165) is 37.0 Å². The minimum Gasteiger partial charge on any atom is -0.535 e. The Morgan fingerprint density at radius 1 is 1.35 bits per heavy atom. The number of nitrogens with zero attached hydrogens (tertiary/aromatic N) is 2. The molecule has 5 N–H and O–H groups in total. The number of amides is 1. The number of benzene rings is 1. The van der Waals surface area contributed by atoms with Crippen LogP contribution in [0.5, 0.6) is 5.75 Å². The number of hydrogen-bond donors (Lipinski definition) is 4. The second-order valence-corrected chi connectivity index (χ2v) is 9.70. The molecule has 13 heteroatoms. The molecule has 1 amide bonds. The molecule has 11 nitrogen and oxygen atoms in total. The number of nitrogens with one attached hydrogen (secondary N) is 1. The van der Waals surface area contributed by atoms with Crippen LogP contribution < -0.4 is 15.7 Å². The van der Waals surface area contributed by atoms with Crippen molar-refractivity contribution in [1.29, 1.82) is 0 Å². The summed E-state index contributed by atoms with van der Waals surface area (Å²) >= 11 is 1.12. The molecule has 1 aliphatic heterocycles. The topological polar surface area (TPSA) is 173 Å². The second-order valence-electron chi connectivity index (χ2n) is 8.81. The van der Waals surface area contributed by atoms with Gasteiger partial charge in [0.15, 0.2) is 16.6 Å². The number of thiazole rings is 1. The number of anilines is 1. The highest BCUT2D eigenvalue weighted by molar-refractivity contribution is 7.13. The molecule has 2 aromatic rings. The molecule has 2 atom stereocenters. The van der Waals surface area contributed by atoms with Gasteiger partial charge in [0.1, 0.15) is 11.4 Å². The molecular weight excluding hydrogens is 499 g/mol. The molecule has 1 unspecified atom stereocenters. The number of carbonyl (C=O) groups excluding carboxylic acids is 2. The van der Waals surface area contributed by atoms with E-state index < -0.39 is 30.8 Å². The van der Waals surface area contributed by atoms with Gasteiger partial charge in [0.2, 0.25) is 6.10 Å². The molecule has 0 saturated carbocycles. The standard InChI is InChI=1S/C24H31BN4O7S/c1-3-4-5-6-10-27-22(31)14(2)36-29-20(18-13-37-24(26)28-18)19(30)12-16-11-15-8-7-9-17(23(32)33)21(15)35-25(16)34/h7-9,13-14,16,34H,3-6,10-12H2,1-2H3,(H2,26,28)(H,27,31)(H,32,33)/b29-20-/t14?,16-/m1/s1. The monoisotopic (exact) mass is 530 g/mol. The van der Waals surface area contributed by atoms with E-state index in [1.165, 1.54) is 13.0 Å². The molecule has 0 saturated heterocycles. The SMILES string of the molecule is CCCCCCNC(=O)C(C)O/N=C(\C(=O)C[C@H]1Cc2cccc(C(=O)O)c2OB1O)c1csc(N)n1. The third-order valence-corrected chi connectivity index (χ3v) is 6.60. The van der Waals surface area contributed by atoms with E-state index in [1.807, 2.05) is 0 Å². The van der Waals surface area contributed by atoms with E-state index in [-0.39, 0.29) is 46.6 Å². The van der Waals surface area contributed by atoms with Gasteiger partial charge in [-0.05, 0) is 31.4 Å². The number of rotatable bonds is 13. The van der Waals surface area contributed by atoms with E-state index in [9.17, 15) is 24.5 Å². The number of Topliss-reactive ketones (excluding diaryl/α,β-unsaturated/α-hetero) is 1. The first kappa shape index (κ1) is 28.1. The van der Waals surface area contributed by atoms with Crippen molar-refractivity contribution in [3.05, 3.63) is 40.4 Å². The number of aromatic carboxylic acids is 1. The lowest BCUT2D eigenvalue weighted by molar-refractivity contribution is -0.131. The highest BCUT2D eigenvalue weighted by Crippen LogP contribution is 2.36. The quantitative estimate of drug-likeness (QED) is 0.131. The van der Waals surface area contributed by atoms with E-state index in [0.29, 0.717) is 12.1 Å². The van der Waals surface area contributed by atoms with Crippen LogP contribution in [0.25, 0.3) is 0 Å². The largest absolute Gasteiger partial charge is 0.535 e. The number of unbranched alkanes of at least 4 members (excludes halogenated alkanes) is 3. The number of carboxylic acids is 1. The zero-order chi connectivity index (χ0) is 26.9. The van der Waals surface area contributed by atoms with Gasteiger partial charge >= 0.3 is 13.1 Å². The molecule has 3 rings (SSSR count). The minimum absolute atomic E-state index is 0.0624. The lowest BCUT2D eigenvalue weighted by atomic mass is 9.64. The Morgan fingerprint density at radius 2 is 2.14 bits per heavy atom. The Balaban J connectivity index is 1.70. The summed E-state index contributed by atoms with van der Waals surface area (Å²) in [7, 11) is -1.41. The number of carboxylic acid groups (broad SMARTS) is 1. The summed E-state index contributed by atoms with van der Waals surface area (Å²) in [5.74, 6) is -2.61. The van der Waals surface area contributed by atoms with Crippen molar-refractivity contribution in [3.63, 3.8) is 0 Å². The maximum Gasteiger partial charge on any atom is 0.526 e. The van der Waals surface area contributed by atoms with Crippen LogP contribution in [0.15, 0.2) is 28.7 Å². The van der Waals surface area contributed by atoms with E-state index in [1.54, 1.807) is 17.5 Å². The molecule has 0 spiro atoms. The number of nitrogen functional groups attached to an aromatic ring is 1. The van der Waals surface area contributed by atoms with Crippen LogP contribution in [0.2, 0.25) is 5.82 Å². The summed E-state index contributed by atoms with van der Waals surface area (Å²) in [6, 6.07) is 4.65. The van der Waals surface area contributed by atoms with Crippen molar-refractivity contribution in [2.45, 2.75) is 64.3 Å². The van der Waals surface area contributed by atoms with Gasteiger partial charge in [0, 0.05) is 24.2 Å². The first-order valence-electron chi connectivity index (χ1n) is 12.2. The summed E-state index contributed by atoms with van der Waals surface area (Å²) in [5.41, 5.74) is 6.31. The number of carbonyl (C=O) groups is 3. The maximum absolute atomic E-state index is 13.3. The van der Waals surface area contributed by atoms with Crippen LogP contribution in [0, 0.1) is 0 Å². The lowest BCUT2D eigenvalue weighted by Gasteiger charge is -2.28. The van der Waals surface area contributed by atoms with Crippen molar-refractivity contribution in [2.24, 2.45) is 5.16 Å². The lowest BCUT2D eigenvalue weighted by Crippen LogP contribution is -2.37. The van der Waals surface area contributed by atoms with Crippen LogP contribution in [0.4, 0.5) is 5.13 Å². The number of para-hydroxylation sites is 1. The van der Waals surface area contributed by atoms with Crippen LogP contribution >= 0.6 is 11.3 Å². The molecular formula is C24H31BN4O7S. The minimum atomic E-state index is -1.41. The molecule has 2 heterocycles. The average molecular weight is 530 g/mol. The van der Waals surface area contributed by atoms with Crippen molar-refractivity contribution >= 4 is 47.0 Å². The smallest absolute Gasteiger partial charge is 0.526 e. The van der Waals surface area contributed by atoms with Gasteiger partial charge in [-0.25, -0.2) is 9.78 Å². The van der Waals surface area contributed by atoms with Gasteiger partial charge in [-0.3, -0.25) is 9.59 Å². The Bertz CT molecular complexity index is 1160. The van der Waals surface area contributed by atoms with E-state index in [4.69, 9.17) is 15.2 Å². The molecule has 1 aromatic carbocycles. The molecule has 0 bridgehead atoms. The fraction of sp³-hybridized carbons (Fsp3) is 0.458. The molecule has 198 valence electrons. The van der Waals surface area contributed by atoms with Gasteiger partial charge in [0.05, 0.1) is 5.56 Å². The molecule has 1 aromatic heterocycles. The van der Waals surface area contributed by atoms with Crippen molar-refractivity contribution < 1.29 is 34.0 Å². The Morgan fingerprint density at radius 3 is 2.81 bits per heavy atom. The zero-order valence-electron chi connectivity index (χ0n) is 20.8. The third-order valence-electron chi connectivity index (χ3n) is 5.93. The summed E-state index contributed by atoms with van der Waals surface area (Å²) < 4.78 is 5.48. The average Bonchev–Trinajstić information content (AvgIpc) is 3.29. The normalized spacial score (nSPS) is 15.9. The molecule has 1 aliphatic rings. The predicted octanol–water partition coefficient (Wildman–Crippen LogP) is 2.67. The fourth-order valence-corrected chi connectivity index (χ4v) is 4.43. The zero-order valence-corrected chi connectivity index (χ0v) is 21.6. The predicted molar refractivity (Wildman–Crippen MR) is 140 cm³/mol. The van der Waals surface area contributed by atoms with Crippen molar-refractivity contribution in [1.82, 2.24) is 10.3 Å². The third kappa shape index (κ3) is 7.52. The summed E-state index contributed by atoms with van der Waals surface area (Å²) in [6.45, 7) is 4.16. The highest BCUT2D eigenvalue weighted by Gasteiger charge is 2.39. The van der Waals surface area contributed by atoms with Crippen molar-refractivity contribution in [2.75, 3.05) is 12.3 Å². The van der Waals surface area contributed by atoms with Gasteiger partial charge in [-0.15, -0.1) is 11.3 Å². The molecule has 0 radical (unpaired) electrons. The van der Waals surface area contributed by atoms with E-state index >= 15 is 0 Å². The molecule has 0 fully saturated rings. The summed E-state index contributed by atoms with van der Waals surface area (Å²) in [4.78, 5) is 46.5. The number of aromatic nitrogens is 1. The number of nitrogens with two attached hydrogens (primary N) is 1. The highest BCUT2D eigenvalue weighted by atomic mass is 32.1. The number of oxime groups is 1. The fourth-order valence-electron chi connectivity index (χ4n) is 3.88. The molecule has 37 heavy (non-hydrogen) atoms. The van der Waals surface area contributed by atoms with Crippen LogP contribution in [-0.4, -0.2) is 58.3 Å². The van der Waals surface area contributed by atoms with Crippen LogP contribution in [-0.2, 0) is 20.8 Å². The number of ketones is 1.